The first kappa shape index (κ1) is 21.6. The molecule has 0 saturated carbocycles. The number of thioether (sulfide) groups is 1. The van der Waals surface area contributed by atoms with Crippen LogP contribution in [-0.4, -0.2) is 40.3 Å². The van der Waals surface area contributed by atoms with Crippen LogP contribution in [0.25, 0.3) is 0 Å². The first-order valence-corrected chi connectivity index (χ1v) is 10.7. The molecule has 3 rings (SSSR count). The lowest BCUT2D eigenvalue weighted by Gasteiger charge is -2.13. The number of carbonyl (C=O) groups is 2. The first-order valence-electron chi connectivity index (χ1n) is 9.86. The highest BCUT2D eigenvalue weighted by molar-refractivity contribution is 8.15. The van der Waals surface area contributed by atoms with Gasteiger partial charge in [-0.25, -0.2) is 4.99 Å². The van der Waals surface area contributed by atoms with Gasteiger partial charge in [-0.15, -0.1) is 6.58 Å². The minimum absolute atomic E-state index is 0.0685. The molecule has 0 radical (unpaired) electrons. The van der Waals surface area contributed by atoms with Gasteiger partial charge in [-0.05, 0) is 42.8 Å². The Bertz CT molecular complexity index is 913. The van der Waals surface area contributed by atoms with Crippen molar-refractivity contribution in [2.75, 3.05) is 18.5 Å². The van der Waals surface area contributed by atoms with Crippen LogP contribution >= 0.6 is 11.8 Å². The van der Waals surface area contributed by atoms with Gasteiger partial charge in [0, 0.05) is 18.7 Å². The van der Waals surface area contributed by atoms with Crippen LogP contribution in [0, 0.1) is 0 Å². The molecule has 1 heterocycles. The van der Waals surface area contributed by atoms with E-state index in [4.69, 9.17) is 4.74 Å². The molecule has 30 heavy (non-hydrogen) atoms. The lowest BCUT2D eigenvalue weighted by Crippen LogP contribution is -2.33. The molecule has 1 aliphatic heterocycles. The molecule has 2 amide bonds. The van der Waals surface area contributed by atoms with E-state index in [1.165, 1.54) is 11.8 Å². The second-order valence-corrected chi connectivity index (χ2v) is 7.87. The van der Waals surface area contributed by atoms with Gasteiger partial charge in [-0.3, -0.25) is 14.5 Å². The number of benzene rings is 2. The van der Waals surface area contributed by atoms with Gasteiger partial charge in [-0.1, -0.05) is 43.0 Å². The summed E-state index contributed by atoms with van der Waals surface area (Å²) in [5, 5.41) is 2.92. The highest BCUT2D eigenvalue weighted by Gasteiger charge is 2.38. The monoisotopic (exact) mass is 423 g/mol. The Morgan fingerprint density at radius 1 is 1.23 bits per heavy atom. The molecule has 6 nitrogen and oxygen atoms in total. The molecule has 0 spiro atoms. The van der Waals surface area contributed by atoms with E-state index in [9.17, 15) is 9.59 Å². The Morgan fingerprint density at radius 3 is 2.63 bits per heavy atom. The highest BCUT2D eigenvalue weighted by atomic mass is 32.2. The van der Waals surface area contributed by atoms with Gasteiger partial charge in [0.1, 0.15) is 11.0 Å². The van der Waals surface area contributed by atoms with Crippen molar-refractivity contribution >= 4 is 40.1 Å². The molecular weight excluding hydrogens is 398 g/mol. The number of para-hydroxylation sites is 1. The average Bonchev–Trinajstić information content (AvgIpc) is 3.03. The van der Waals surface area contributed by atoms with Crippen LogP contribution in [0.3, 0.4) is 0 Å². The summed E-state index contributed by atoms with van der Waals surface area (Å²) in [6, 6.07) is 16.7. The van der Waals surface area contributed by atoms with Crippen LogP contribution in [0.5, 0.6) is 5.75 Å². The van der Waals surface area contributed by atoms with Crippen molar-refractivity contribution in [1.82, 2.24) is 4.90 Å². The van der Waals surface area contributed by atoms with Crippen molar-refractivity contribution in [2.45, 2.75) is 25.0 Å². The topological polar surface area (TPSA) is 71.0 Å². The van der Waals surface area contributed by atoms with Crippen LogP contribution < -0.4 is 10.1 Å². The number of amides is 2. The predicted molar refractivity (Wildman–Crippen MR) is 122 cm³/mol. The summed E-state index contributed by atoms with van der Waals surface area (Å²) in [4.78, 5) is 31.5. The maximum atomic E-state index is 12.8. The molecular formula is C23H25N3O3S. The van der Waals surface area contributed by atoms with Gasteiger partial charge >= 0.3 is 0 Å². The third-order valence-corrected chi connectivity index (χ3v) is 5.47. The molecule has 0 bridgehead atoms. The number of aliphatic imine (C=N–C) groups is 1. The number of nitrogens with zero attached hydrogens (tertiary/aromatic N) is 2. The number of hydrogen-bond donors (Lipinski definition) is 1. The summed E-state index contributed by atoms with van der Waals surface area (Å²) in [6.45, 7) is 6.77. The van der Waals surface area contributed by atoms with Crippen LogP contribution in [-0.2, 0) is 9.59 Å². The summed E-state index contributed by atoms with van der Waals surface area (Å²) in [6.07, 6.45) is 2.66. The van der Waals surface area contributed by atoms with Gasteiger partial charge in [0.25, 0.3) is 0 Å². The minimum Gasteiger partial charge on any atom is -0.494 e. The predicted octanol–water partition coefficient (Wildman–Crippen LogP) is 4.62. The lowest BCUT2D eigenvalue weighted by atomic mass is 10.2. The summed E-state index contributed by atoms with van der Waals surface area (Å²) < 4.78 is 5.54. The maximum absolute atomic E-state index is 12.8. The van der Waals surface area contributed by atoms with Gasteiger partial charge in [-0.2, -0.15) is 0 Å². The molecule has 0 unspecified atom stereocenters. The molecule has 2 aromatic rings. The molecule has 0 aromatic heterocycles. The molecule has 1 aliphatic rings. The average molecular weight is 424 g/mol. The maximum Gasteiger partial charge on any atom is 0.242 e. The standard InChI is InChI=1S/C23H25N3O3S/c1-3-14-26-22(28)20(30-23(26)25-17-8-6-5-7-9-17)16-21(27)24-18-10-12-19(13-11-18)29-15-4-2/h3,5-13,20H,1,4,14-16H2,2H3,(H,24,27)/t20-/m1/s1. The van der Waals surface area contributed by atoms with Gasteiger partial charge in [0.15, 0.2) is 5.17 Å². The lowest BCUT2D eigenvalue weighted by molar-refractivity contribution is -0.127. The van der Waals surface area contributed by atoms with Crippen molar-refractivity contribution in [1.29, 1.82) is 0 Å². The quantitative estimate of drug-likeness (QED) is 0.598. The van der Waals surface area contributed by atoms with Crippen LogP contribution in [0.1, 0.15) is 19.8 Å². The number of nitrogens with one attached hydrogen (secondary N) is 1. The summed E-state index contributed by atoms with van der Waals surface area (Å²) in [5.74, 6) is 0.411. The number of carbonyl (C=O) groups excluding carboxylic acids is 2. The fraction of sp³-hybridized carbons (Fsp3) is 0.261. The number of hydrogen-bond acceptors (Lipinski definition) is 5. The summed E-state index contributed by atoms with van der Waals surface area (Å²) >= 11 is 1.31. The molecule has 1 saturated heterocycles. The highest BCUT2D eigenvalue weighted by Crippen LogP contribution is 2.31. The Labute approximate surface area is 181 Å². The SMILES string of the molecule is C=CCN1C(=O)[C@@H](CC(=O)Nc2ccc(OCCC)cc2)SC1=Nc1ccccc1. The van der Waals surface area contributed by atoms with E-state index in [0.29, 0.717) is 24.0 Å². The largest absolute Gasteiger partial charge is 0.494 e. The fourth-order valence-corrected chi connectivity index (χ4v) is 4.04. The van der Waals surface area contributed by atoms with E-state index in [0.717, 1.165) is 17.9 Å². The molecule has 1 N–H and O–H groups in total. The van der Waals surface area contributed by atoms with Crippen molar-refractivity contribution < 1.29 is 14.3 Å². The Kier molecular flexibility index (Phi) is 7.68. The van der Waals surface area contributed by atoms with Crippen molar-refractivity contribution in [3.8, 4) is 5.75 Å². The van der Waals surface area contributed by atoms with Crippen molar-refractivity contribution in [3.05, 3.63) is 67.3 Å². The second-order valence-electron chi connectivity index (χ2n) is 6.70. The van der Waals surface area contributed by atoms with E-state index < -0.39 is 5.25 Å². The molecule has 156 valence electrons. The third kappa shape index (κ3) is 5.73. The Morgan fingerprint density at radius 2 is 1.97 bits per heavy atom. The fourth-order valence-electron chi connectivity index (χ4n) is 2.87. The van der Waals surface area contributed by atoms with Crippen molar-refractivity contribution in [2.24, 2.45) is 4.99 Å². The zero-order valence-electron chi connectivity index (χ0n) is 16.9. The Hall–Kier alpha value is -3.06. The van der Waals surface area contributed by atoms with E-state index in [2.05, 4.69) is 16.9 Å². The van der Waals surface area contributed by atoms with Gasteiger partial charge in [0.2, 0.25) is 11.8 Å². The zero-order chi connectivity index (χ0) is 21.3. The minimum atomic E-state index is -0.514. The van der Waals surface area contributed by atoms with Crippen LogP contribution in [0.2, 0.25) is 0 Å². The van der Waals surface area contributed by atoms with E-state index >= 15 is 0 Å². The van der Waals surface area contributed by atoms with Crippen LogP contribution in [0.15, 0.2) is 72.2 Å². The molecule has 2 aromatic carbocycles. The number of amidine groups is 1. The summed E-state index contributed by atoms with van der Waals surface area (Å²) in [5.41, 5.74) is 1.43. The molecule has 0 aliphatic carbocycles. The molecule has 1 atom stereocenters. The third-order valence-electron chi connectivity index (χ3n) is 4.29. The normalized spacial score (nSPS) is 17.2. The van der Waals surface area contributed by atoms with E-state index in [1.54, 1.807) is 23.1 Å². The number of anilines is 1. The van der Waals surface area contributed by atoms with E-state index in [1.807, 2.05) is 49.4 Å². The van der Waals surface area contributed by atoms with Crippen molar-refractivity contribution in [3.63, 3.8) is 0 Å². The number of rotatable bonds is 9. The van der Waals surface area contributed by atoms with Gasteiger partial charge < -0.3 is 10.1 Å². The van der Waals surface area contributed by atoms with E-state index in [-0.39, 0.29) is 18.2 Å². The molecule has 1 fully saturated rings. The molecule has 7 heteroatoms. The summed E-state index contributed by atoms with van der Waals surface area (Å²) in [7, 11) is 0. The first-order chi connectivity index (χ1) is 14.6. The smallest absolute Gasteiger partial charge is 0.242 e. The van der Waals surface area contributed by atoms with Crippen LogP contribution in [0.4, 0.5) is 11.4 Å². The zero-order valence-corrected chi connectivity index (χ0v) is 17.7. The Balaban J connectivity index is 1.64. The number of ether oxygens (including phenoxy) is 1. The van der Waals surface area contributed by atoms with Gasteiger partial charge in [0.05, 0.1) is 12.3 Å². The second kappa shape index (κ2) is 10.6.